The number of urea groups is 1. The third kappa shape index (κ3) is 3.58. The molecule has 1 aromatic heterocycles. The predicted octanol–water partition coefficient (Wildman–Crippen LogP) is 1.50. The summed E-state index contributed by atoms with van der Waals surface area (Å²) in [5.41, 5.74) is 2.21. The maximum atomic E-state index is 12.0. The van der Waals surface area contributed by atoms with Gasteiger partial charge in [0.25, 0.3) is 0 Å². The van der Waals surface area contributed by atoms with Crippen LogP contribution in [0.3, 0.4) is 0 Å². The van der Waals surface area contributed by atoms with Crippen molar-refractivity contribution in [2.45, 2.75) is 19.0 Å². The van der Waals surface area contributed by atoms with Crippen molar-refractivity contribution in [1.82, 2.24) is 20.4 Å². The highest BCUT2D eigenvalue weighted by Gasteiger charge is 2.23. The number of hydrogen-bond acceptors (Lipinski definition) is 3. The van der Waals surface area contributed by atoms with E-state index in [0.29, 0.717) is 6.54 Å². The van der Waals surface area contributed by atoms with Crippen LogP contribution in [0.15, 0.2) is 42.7 Å². The van der Waals surface area contributed by atoms with Gasteiger partial charge in [-0.25, -0.2) is 4.79 Å². The third-order valence-corrected chi connectivity index (χ3v) is 3.86. The Morgan fingerprint density at radius 3 is 2.91 bits per heavy atom. The zero-order valence-corrected chi connectivity index (χ0v) is 12.7. The molecule has 0 aliphatic carbocycles. The van der Waals surface area contributed by atoms with E-state index in [1.165, 1.54) is 5.69 Å². The Labute approximate surface area is 130 Å². The second-order valence-corrected chi connectivity index (χ2v) is 5.62. The SMILES string of the molecule is Cn1cc(CNC(=O)N[C@H]2CCN(c3ccccc3)C2)cn1. The Hall–Kier alpha value is -2.50. The van der Waals surface area contributed by atoms with Gasteiger partial charge < -0.3 is 15.5 Å². The lowest BCUT2D eigenvalue weighted by molar-refractivity contribution is 0.237. The van der Waals surface area contributed by atoms with Gasteiger partial charge in [-0.1, -0.05) is 18.2 Å². The number of aryl methyl sites for hydroxylation is 1. The van der Waals surface area contributed by atoms with Crippen LogP contribution in [-0.2, 0) is 13.6 Å². The maximum absolute atomic E-state index is 12.0. The van der Waals surface area contributed by atoms with E-state index < -0.39 is 0 Å². The molecule has 1 fully saturated rings. The summed E-state index contributed by atoms with van der Waals surface area (Å²) in [6, 6.07) is 10.4. The summed E-state index contributed by atoms with van der Waals surface area (Å²) in [6.07, 6.45) is 4.62. The van der Waals surface area contributed by atoms with Crippen LogP contribution < -0.4 is 15.5 Å². The van der Waals surface area contributed by atoms with Gasteiger partial charge in [-0.3, -0.25) is 4.68 Å². The summed E-state index contributed by atoms with van der Waals surface area (Å²) >= 11 is 0. The number of hydrogen-bond donors (Lipinski definition) is 2. The Morgan fingerprint density at radius 2 is 2.18 bits per heavy atom. The van der Waals surface area contributed by atoms with Gasteiger partial charge in [0.1, 0.15) is 0 Å². The molecule has 1 saturated heterocycles. The fourth-order valence-electron chi connectivity index (χ4n) is 2.73. The van der Waals surface area contributed by atoms with Crippen molar-refractivity contribution in [2.75, 3.05) is 18.0 Å². The van der Waals surface area contributed by atoms with E-state index in [-0.39, 0.29) is 12.1 Å². The van der Waals surface area contributed by atoms with Gasteiger partial charge in [-0.2, -0.15) is 5.10 Å². The Kier molecular flexibility index (Phi) is 4.27. The van der Waals surface area contributed by atoms with Crippen molar-refractivity contribution in [3.63, 3.8) is 0 Å². The normalized spacial score (nSPS) is 17.5. The second kappa shape index (κ2) is 6.51. The highest BCUT2D eigenvalue weighted by atomic mass is 16.2. The molecule has 6 nitrogen and oxygen atoms in total. The van der Waals surface area contributed by atoms with Crippen molar-refractivity contribution in [3.8, 4) is 0 Å². The molecule has 1 aromatic carbocycles. The molecule has 6 heteroatoms. The molecule has 1 atom stereocenters. The highest BCUT2D eigenvalue weighted by molar-refractivity contribution is 5.74. The molecule has 0 bridgehead atoms. The molecule has 2 aromatic rings. The number of aromatic nitrogens is 2. The van der Waals surface area contributed by atoms with Crippen molar-refractivity contribution in [3.05, 3.63) is 48.3 Å². The largest absolute Gasteiger partial charge is 0.369 e. The van der Waals surface area contributed by atoms with Crippen LogP contribution in [0, 0.1) is 0 Å². The van der Waals surface area contributed by atoms with Crippen LogP contribution in [0.4, 0.5) is 10.5 Å². The molecular formula is C16H21N5O. The summed E-state index contributed by atoms with van der Waals surface area (Å²) < 4.78 is 1.73. The number of nitrogens with one attached hydrogen (secondary N) is 2. The number of nitrogens with zero attached hydrogens (tertiary/aromatic N) is 3. The molecule has 116 valence electrons. The smallest absolute Gasteiger partial charge is 0.315 e. The molecule has 0 saturated carbocycles. The van der Waals surface area contributed by atoms with Gasteiger partial charge in [0.05, 0.1) is 6.20 Å². The summed E-state index contributed by atoms with van der Waals surface area (Å²) in [4.78, 5) is 14.3. The summed E-state index contributed by atoms with van der Waals surface area (Å²) in [7, 11) is 1.86. The first-order valence-electron chi connectivity index (χ1n) is 7.52. The topological polar surface area (TPSA) is 62.2 Å². The molecule has 22 heavy (non-hydrogen) atoms. The molecule has 3 rings (SSSR count). The maximum Gasteiger partial charge on any atom is 0.315 e. The predicted molar refractivity (Wildman–Crippen MR) is 85.6 cm³/mol. The van der Waals surface area contributed by atoms with E-state index in [1.54, 1.807) is 10.9 Å². The summed E-state index contributed by atoms with van der Waals surface area (Å²) in [6.45, 7) is 2.32. The van der Waals surface area contributed by atoms with Crippen molar-refractivity contribution in [1.29, 1.82) is 0 Å². The van der Waals surface area contributed by atoms with Gasteiger partial charge in [0.15, 0.2) is 0 Å². The summed E-state index contributed by atoms with van der Waals surface area (Å²) in [5.74, 6) is 0. The minimum atomic E-state index is -0.122. The molecule has 1 aliphatic rings. The zero-order chi connectivity index (χ0) is 15.4. The van der Waals surface area contributed by atoms with Gasteiger partial charge >= 0.3 is 6.03 Å². The number of carbonyl (C=O) groups excluding carboxylic acids is 1. The Bertz CT molecular complexity index is 624. The van der Waals surface area contributed by atoms with Gasteiger partial charge in [-0.05, 0) is 18.6 Å². The van der Waals surface area contributed by atoms with Crippen molar-refractivity contribution >= 4 is 11.7 Å². The molecule has 0 radical (unpaired) electrons. The summed E-state index contributed by atoms with van der Waals surface area (Å²) in [5, 5.41) is 9.99. The van der Waals surface area contributed by atoms with Crippen LogP contribution in [0.25, 0.3) is 0 Å². The molecule has 2 N–H and O–H groups in total. The Morgan fingerprint density at radius 1 is 1.36 bits per heavy atom. The zero-order valence-electron chi connectivity index (χ0n) is 12.7. The number of anilines is 1. The second-order valence-electron chi connectivity index (χ2n) is 5.62. The highest BCUT2D eigenvalue weighted by Crippen LogP contribution is 2.19. The number of carbonyl (C=O) groups is 1. The van der Waals surface area contributed by atoms with Crippen molar-refractivity contribution in [2.24, 2.45) is 7.05 Å². The van der Waals surface area contributed by atoms with E-state index in [9.17, 15) is 4.79 Å². The van der Waals surface area contributed by atoms with Crippen LogP contribution in [0.5, 0.6) is 0 Å². The standard InChI is InChI=1S/C16H21N5O/c1-20-11-13(10-18-20)9-17-16(22)19-14-7-8-21(12-14)15-5-3-2-4-6-15/h2-6,10-11,14H,7-9,12H2,1H3,(H2,17,19,22)/t14-/m0/s1. The van der Waals surface area contributed by atoms with E-state index >= 15 is 0 Å². The molecule has 2 amide bonds. The number of benzene rings is 1. The average molecular weight is 299 g/mol. The van der Waals surface area contributed by atoms with Crippen LogP contribution in [-0.4, -0.2) is 34.9 Å². The quantitative estimate of drug-likeness (QED) is 0.899. The average Bonchev–Trinajstić information content (AvgIpc) is 3.15. The van der Waals surface area contributed by atoms with E-state index in [0.717, 1.165) is 25.1 Å². The third-order valence-electron chi connectivity index (χ3n) is 3.86. The van der Waals surface area contributed by atoms with Gasteiger partial charge in [-0.15, -0.1) is 0 Å². The molecule has 2 heterocycles. The fourth-order valence-corrected chi connectivity index (χ4v) is 2.73. The van der Waals surface area contributed by atoms with E-state index in [4.69, 9.17) is 0 Å². The first-order chi connectivity index (χ1) is 10.7. The molecule has 1 aliphatic heterocycles. The monoisotopic (exact) mass is 299 g/mol. The first-order valence-corrected chi connectivity index (χ1v) is 7.52. The minimum absolute atomic E-state index is 0.122. The van der Waals surface area contributed by atoms with Crippen molar-refractivity contribution < 1.29 is 4.79 Å². The van der Waals surface area contributed by atoms with Gasteiger partial charge in [0, 0.05) is 50.2 Å². The number of amides is 2. The van der Waals surface area contributed by atoms with Gasteiger partial charge in [0.2, 0.25) is 0 Å². The van der Waals surface area contributed by atoms with Crippen LogP contribution in [0.1, 0.15) is 12.0 Å². The van der Waals surface area contributed by atoms with E-state index in [1.807, 2.05) is 31.4 Å². The lowest BCUT2D eigenvalue weighted by Crippen LogP contribution is -2.43. The molecule has 0 spiro atoms. The fraction of sp³-hybridized carbons (Fsp3) is 0.375. The molecular weight excluding hydrogens is 278 g/mol. The minimum Gasteiger partial charge on any atom is -0.369 e. The lowest BCUT2D eigenvalue weighted by atomic mass is 10.3. The number of para-hydroxylation sites is 1. The first kappa shape index (κ1) is 14.4. The Balaban J connectivity index is 1.45. The number of rotatable bonds is 4. The van der Waals surface area contributed by atoms with Crippen LogP contribution in [0.2, 0.25) is 0 Å². The lowest BCUT2D eigenvalue weighted by Gasteiger charge is -2.19. The van der Waals surface area contributed by atoms with E-state index in [2.05, 4.69) is 32.8 Å². The molecule has 0 unspecified atom stereocenters. The van der Waals surface area contributed by atoms with Crippen LogP contribution >= 0.6 is 0 Å².